The summed E-state index contributed by atoms with van der Waals surface area (Å²) < 4.78 is 17.1. The molecule has 24 nitrogen and oxygen atoms in total. The molecule has 5 N–H and O–H groups in total. The van der Waals surface area contributed by atoms with E-state index >= 15 is 14.4 Å². The van der Waals surface area contributed by atoms with Crippen molar-refractivity contribution in [1.82, 2.24) is 51.1 Å². The third-order valence-corrected chi connectivity index (χ3v) is 17.6. The van der Waals surface area contributed by atoms with Crippen LogP contribution in [0.2, 0.25) is 0 Å². The molecule has 0 aromatic heterocycles. The van der Waals surface area contributed by atoms with E-state index in [1.165, 1.54) is 75.6 Å². The number of likely N-dealkylation sites (N-methyl/N-ethyl adjacent to an activating group) is 6. The fourth-order valence-corrected chi connectivity index (χ4v) is 12.2. The number of fused-ring (bicyclic) bond motifs is 3. The first-order valence-corrected chi connectivity index (χ1v) is 33.9. The van der Waals surface area contributed by atoms with Gasteiger partial charge in [0.05, 0.1) is 0 Å². The van der Waals surface area contributed by atoms with Gasteiger partial charge in [-0.15, -0.1) is 0 Å². The molecular formula is C72H114N10O14. The molecule has 0 aliphatic heterocycles. The number of hydrogen-bond acceptors (Lipinski definition) is 15. The quantitative estimate of drug-likeness (QED) is 0.0204. The van der Waals surface area contributed by atoms with Gasteiger partial charge in [0.2, 0.25) is 47.3 Å². The number of allylic oxidation sites excluding steroid dienone is 2. The minimum absolute atomic E-state index is 0.0294. The van der Waals surface area contributed by atoms with E-state index in [1.807, 2.05) is 103 Å². The zero-order valence-corrected chi connectivity index (χ0v) is 61.2. The van der Waals surface area contributed by atoms with E-state index in [0.29, 0.717) is 13.0 Å². The normalized spacial score (nSPS) is 15.5. The van der Waals surface area contributed by atoms with E-state index in [4.69, 9.17) is 14.2 Å². The lowest BCUT2D eigenvalue weighted by molar-refractivity contribution is -0.164. The van der Waals surface area contributed by atoms with Gasteiger partial charge in [0.15, 0.2) is 0 Å². The lowest BCUT2D eigenvalue weighted by Gasteiger charge is -2.42. The monoisotopic (exact) mass is 1340 g/mol. The van der Waals surface area contributed by atoms with E-state index in [0.717, 1.165) is 27.2 Å². The van der Waals surface area contributed by atoms with Crippen LogP contribution in [0.1, 0.15) is 160 Å². The predicted octanol–water partition coefficient (Wildman–Crippen LogP) is 6.68. The topological polar surface area (TPSA) is 292 Å². The second-order valence-electron chi connectivity index (χ2n) is 27.6. The van der Waals surface area contributed by atoms with Gasteiger partial charge in [0, 0.05) is 54.6 Å². The number of ether oxygens (including phenoxy) is 3. The van der Waals surface area contributed by atoms with Crippen molar-refractivity contribution in [3.8, 4) is 11.1 Å². The molecule has 0 saturated heterocycles. The number of alkyl carbamates (subject to hydrolysis) is 1. The summed E-state index contributed by atoms with van der Waals surface area (Å²) in [6.45, 7) is 28.0. The first kappa shape index (κ1) is 82.3. The van der Waals surface area contributed by atoms with Gasteiger partial charge >= 0.3 is 18.0 Å². The van der Waals surface area contributed by atoms with Crippen LogP contribution >= 0.6 is 0 Å². The molecule has 536 valence electrons. The number of nitrogens with zero attached hydrogens (tertiary/aromatic N) is 5. The van der Waals surface area contributed by atoms with Crippen LogP contribution in [-0.4, -0.2) is 212 Å². The first-order chi connectivity index (χ1) is 45.0. The Morgan fingerprint density at radius 3 is 1.49 bits per heavy atom. The van der Waals surface area contributed by atoms with Gasteiger partial charge in [-0.25, -0.2) is 9.59 Å². The summed E-state index contributed by atoms with van der Waals surface area (Å²) in [6.07, 6.45) is 2.56. The average molecular weight is 1340 g/mol. The van der Waals surface area contributed by atoms with E-state index in [2.05, 4.69) is 26.6 Å². The van der Waals surface area contributed by atoms with Gasteiger partial charge in [-0.3, -0.25) is 43.2 Å². The van der Waals surface area contributed by atoms with E-state index in [-0.39, 0.29) is 62.6 Å². The summed E-state index contributed by atoms with van der Waals surface area (Å²) in [5.41, 5.74) is 4.19. The Morgan fingerprint density at radius 2 is 1.01 bits per heavy atom. The summed E-state index contributed by atoms with van der Waals surface area (Å²) >= 11 is 0. The minimum Gasteiger partial charge on any atom is -0.463 e. The smallest absolute Gasteiger partial charge is 0.407 e. The SMILES string of the molecule is C/C=C/C[C@@H](C)[C@@H](OC(C)=O)[C@@H](C(=O)N[C@@H](CC)C(=O)OCCNC)N(C)C(=O)[C@H](C(C)C)N(C)C(=O)[C@H](CC(C)C)N(C)C(=O)[C@H](CC(C)C)N(C)C(=O)[C@@H](C)NC(=O)[C@H](C)NC(=O)[C@H](CC(C)C)N(C)C(=O)[C@@H](NC(=O)OCC1c2ccccc2-c2ccccc21)C(C)C. The molecular weight excluding hydrogens is 1230 g/mol. The molecule has 96 heavy (non-hydrogen) atoms. The van der Waals surface area contributed by atoms with Crippen molar-refractivity contribution < 1.29 is 67.0 Å². The molecule has 0 saturated carbocycles. The number of benzene rings is 2. The molecule has 0 fully saturated rings. The fourth-order valence-electron chi connectivity index (χ4n) is 12.2. The number of carbonyl (C=O) groups is 11. The van der Waals surface area contributed by atoms with Crippen LogP contribution in [0.3, 0.4) is 0 Å². The van der Waals surface area contributed by atoms with Gasteiger partial charge in [-0.05, 0) is 118 Å². The van der Waals surface area contributed by atoms with E-state index in [9.17, 15) is 38.4 Å². The molecule has 0 radical (unpaired) electrons. The van der Waals surface area contributed by atoms with Gasteiger partial charge in [0.25, 0.3) is 0 Å². The largest absolute Gasteiger partial charge is 0.463 e. The Morgan fingerprint density at radius 1 is 0.531 bits per heavy atom. The summed E-state index contributed by atoms with van der Waals surface area (Å²) in [5, 5.41) is 13.8. The third kappa shape index (κ3) is 22.6. The zero-order valence-electron chi connectivity index (χ0n) is 61.2. The Kier molecular flexibility index (Phi) is 33.2. The highest BCUT2D eigenvalue weighted by molar-refractivity contribution is 5.98. The Bertz CT molecular complexity index is 2960. The van der Waals surface area contributed by atoms with Crippen LogP contribution < -0.4 is 26.6 Å². The average Bonchev–Trinajstić information content (AvgIpc) is 1.57. The Hall–Kier alpha value is -7.89. The van der Waals surface area contributed by atoms with Crippen molar-refractivity contribution in [3.05, 3.63) is 71.8 Å². The first-order valence-electron chi connectivity index (χ1n) is 33.9. The molecule has 0 unspecified atom stereocenters. The molecule has 0 bridgehead atoms. The minimum atomic E-state index is -1.51. The Labute approximate surface area is 570 Å². The van der Waals surface area contributed by atoms with E-state index in [1.54, 1.807) is 54.7 Å². The molecule has 1 aliphatic carbocycles. The fraction of sp³-hybridized carbons (Fsp3) is 0.653. The van der Waals surface area contributed by atoms with Crippen molar-refractivity contribution in [2.24, 2.45) is 35.5 Å². The van der Waals surface area contributed by atoms with Gasteiger partial charge in [-0.1, -0.05) is 144 Å². The molecule has 1 aliphatic rings. The van der Waals surface area contributed by atoms with Crippen molar-refractivity contribution in [2.45, 2.75) is 209 Å². The van der Waals surface area contributed by atoms with Crippen LogP contribution in [0.4, 0.5) is 4.79 Å². The molecule has 2 aromatic rings. The highest BCUT2D eigenvalue weighted by Gasteiger charge is 2.46. The predicted molar refractivity (Wildman–Crippen MR) is 369 cm³/mol. The standard InChI is InChI=1S/C72H114N10O14/c1-23-25-30-46(13)62(96-49(16)83)61(65(86)76-55(24-2)71(92)94-36-35-73-17)82(22)70(91)60(45(11)12)81(21)68(89)58(39-43(7)8)80(20)67(88)57(38-42(5)6)79(19)66(87)48(15)75-63(84)47(14)74-64(85)56(37-41(3)4)78(18)69(90)59(44(9)10)77-72(93)95-40-54-52-33-28-26-31-50(52)51-32-27-29-34-53(51)54/h23,25-29,31-34,41-48,54-62,73H,24,30,35-40H2,1-22H3,(H,74,85)(H,75,84)(H,76,86)(H,77,93)/b25-23+/t46-,47+,48-,55+,56+,57+,58+,59+,60+,61+,62-/m1/s1. The number of carbonyl (C=O) groups excluding carboxylic acids is 11. The summed E-state index contributed by atoms with van der Waals surface area (Å²) in [6, 6.07) is 5.02. The van der Waals surface area contributed by atoms with E-state index < -0.39 is 144 Å². The van der Waals surface area contributed by atoms with Crippen LogP contribution in [0.5, 0.6) is 0 Å². The lowest BCUT2D eigenvalue weighted by atomic mass is 9.91. The molecule has 3 rings (SSSR count). The molecule has 0 heterocycles. The van der Waals surface area contributed by atoms with Gasteiger partial charge < -0.3 is 65.3 Å². The molecule has 2 aromatic carbocycles. The van der Waals surface area contributed by atoms with Crippen molar-refractivity contribution >= 4 is 65.3 Å². The van der Waals surface area contributed by atoms with Crippen LogP contribution in [0.25, 0.3) is 11.1 Å². The lowest BCUT2D eigenvalue weighted by Crippen LogP contribution is -2.63. The van der Waals surface area contributed by atoms with Crippen LogP contribution in [0, 0.1) is 35.5 Å². The molecule has 9 amide bonds. The van der Waals surface area contributed by atoms with Gasteiger partial charge in [0.1, 0.15) is 73.7 Å². The number of amides is 9. The third-order valence-electron chi connectivity index (χ3n) is 17.6. The number of rotatable bonds is 37. The zero-order chi connectivity index (χ0) is 72.7. The molecule has 0 spiro atoms. The summed E-state index contributed by atoms with van der Waals surface area (Å²) in [4.78, 5) is 163. The number of hydrogen-bond donors (Lipinski definition) is 5. The maximum absolute atomic E-state index is 15.2. The number of esters is 2. The summed E-state index contributed by atoms with van der Waals surface area (Å²) in [5.74, 6) is -8.88. The second-order valence-corrected chi connectivity index (χ2v) is 27.6. The molecule has 11 atom stereocenters. The number of nitrogens with one attached hydrogen (secondary N) is 5. The highest BCUT2D eigenvalue weighted by Crippen LogP contribution is 2.44. The van der Waals surface area contributed by atoms with Gasteiger partial charge in [-0.2, -0.15) is 0 Å². The van der Waals surface area contributed by atoms with Crippen molar-refractivity contribution in [1.29, 1.82) is 0 Å². The van der Waals surface area contributed by atoms with Crippen molar-refractivity contribution in [3.63, 3.8) is 0 Å². The summed E-state index contributed by atoms with van der Waals surface area (Å²) in [7, 11) is 8.89. The molecule has 24 heteroatoms. The van der Waals surface area contributed by atoms with Crippen LogP contribution in [0.15, 0.2) is 60.7 Å². The van der Waals surface area contributed by atoms with Crippen molar-refractivity contribution in [2.75, 3.05) is 62.0 Å². The van der Waals surface area contributed by atoms with Crippen LogP contribution in [-0.2, 0) is 62.2 Å². The maximum Gasteiger partial charge on any atom is 0.407 e. The second kappa shape index (κ2) is 38.7. The highest BCUT2D eigenvalue weighted by atomic mass is 16.6. The maximum atomic E-state index is 15.2. The Balaban J connectivity index is 1.87.